The van der Waals surface area contributed by atoms with Crippen LogP contribution in [-0.2, 0) is 0 Å². The summed E-state index contributed by atoms with van der Waals surface area (Å²) in [6.07, 6.45) is 1.44. The Bertz CT molecular complexity index is 141. The molecule has 0 amide bonds. The van der Waals surface area contributed by atoms with E-state index in [1.807, 2.05) is 0 Å². The van der Waals surface area contributed by atoms with Crippen molar-refractivity contribution < 1.29 is 0 Å². The third-order valence-corrected chi connectivity index (χ3v) is 14.4. The molecule has 1 atom stereocenters. The highest BCUT2D eigenvalue weighted by atomic mass is 32.2. The van der Waals surface area contributed by atoms with E-state index in [9.17, 15) is 0 Å². The lowest BCUT2D eigenvalue weighted by Gasteiger charge is -2.35. The van der Waals surface area contributed by atoms with Crippen molar-refractivity contribution in [1.29, 1.82) is 0 Å². The summed E-state index contributed by atoms with van der Waals surface area (Å²) in [4.78, 5) is 1.05. The average molecular weight is 249 g/mol. The van der Waals surface area contributed by atoms with Gasteiger partial charge in [0, 0.05) is 10.6 Å². The van der Waals surface area contributed by atoms with Gasteiger partial charge in [0.05, 0.1) is 8.07 Å². The van der Waals surface area contributed by atoms with E-state index in [2.05, 4.69) is 44.3 Å². The van der Waals surface area contributed by atoms with Gasteiger partial charge < -0.3 is 0 Å². The Labute approximate surface area is 99.0 Å². The van der Waals surface area contributed by atoms with Crippen molar-refractivity contribution in [2.45, 2.75) is 50.2 Å². The van der Waals surface area contributed by atoms with Crippen molar-refractivity contribution in [3.8, 4) is 0 Å². The van der Waals surface area contributed by atoms with Crippen molar-refractivity contribution >= 4 is 31.6 Å². The molecular weight excluding hydrogens is 224 g/mol. The molecule has 1 aliphatic rings. The third kappa shape index (κ3) is 2.95. The Balaban J connectivity index is 2.64. The molecule has 0 radical (unpaired) electrons. The fourth-order valence-corrected chi connectivity index (χ4v) is 12.5. The van der Waals surface area contributed by atoms with Gasteiger partial charge in [-0.1, -0.05) is 38.9 Å². The second kappa shape index (κ2) is 6.49. The lowest BCUT2D eigenvalue weighted by molar-refractivity contribution is 1.10. The van der Waals surface area contributed by atoms with Gasteiger partial charge in [-0.05, 0) is 17.9 Å². The number of rotatable bonds is 4. The highest BCUT2D eigenvalue weighted by molar-refractivity contribution is 8.05. The van der Waals surface area contributed by atoms with Gasteiger partial charge in [0.2, 0.25) is 0 Å². The van der Waals surface area contributed by atoms with E-state index in [0.717, 1.165) is 4.87 Å². The minimum absolute atomic E-state index is 0.907. The van der Waals surface area contributed by atoms with Gasteiger partial charge in [0.15, 0.2) is 0 Å². The number of thioether (sulfide) groups is 2. The van der Waals surface area contributed by atoms with Crippen LogP contribution in [-0.4, -0.2) is 30.2 Å². The zero-order valence-electron chi connectivity index (χ0n) is 9.84. The molecule has 1 saturated heterocycles. The van der Waals surface area contributed by atoms with Crippen LogP contribution in [0.1, 0.15) is 27.2 Å². The van der Waals surface area contributed by atoms with Crippen LogP contribution in [0.4, 0.5) is 0 Å². The minimum Gasteiger partial charge on any atom is -0.161 e. The molecule has 1 unspecified atom stereocenters. The van der Waals surface area contributed by atoms with Crippen LogP contribution in [0.5, 0.6) is 0 Å². The lowest BCUT2D eigenvalue weighted by atomic mass is 10.6. The number of hydrogen-bond donors (Lipinski definition) is 0. The third-order valence-electron chi connectivity index (χ3n) is 3.82. The standard InChI is InChI=1S/C11H24S2Si/c1-4-14(5-2,6-3)11-10-12-8-7-9-13-11/h11H,4-10H2,1-3H3. The molecule has 1 rings (SSSR count). The lowest BCUT2D eigenvalue weighted by Crippen LogP contribution is -2.45. The van der Waals surface area contributed by atoms with E-state index in [1.165, 1.54) is 41.8 Å². The Kier molecular flexibility index (Phi) is 6.02. The van der Waals surface area contributed by atoms with E-state index >= 15 is 0 Å². The van der Waals surface area contributed by atoms with Crippen LogP contribution in [0.3, 0.4) is 0 Å². The molecule has 0 N–H and O–H groups in total. The first kappa shape index (κ1) is 13.0. The van der Waals surface area contributed by atoms with Gasteiger partial charge in [-0.3, -0.25) is 0 Å². The van der Waals surface area contributed by atoms with Gasteiger partial charge in [-0.15, -0.1) is 0 Å². The summed E-state index contributed by atoms with van der Waals surface area (Å²) in [5.41, 5.74) is 0. The molecule has 0 aromatic heterocycles. The maximum atomic E-state index is 2.44. The molecule has 1 aliphatic heterocycles. The molecule has 84 valence electrons. The molecule has 0 aliphatic carbocycles. The summed E-state index contributed by atoms with van der Waals surface area (Å²) >= 11 is 4.52. The summed E-state index contributed by atoms with van der Waals surface area (Å²) < 4.78 is 0. The first-order valence-corrected chi connectivity index (χ1v) is 10.9. The summed E-state index contributed by atoms with van der Waals surface area (Å²) in [6, 6.07) is 4.49. The van der Waals surface area contributed by atoms with Gasteiger partial charge in [-0.25, -0.2) is 0 Å². The maximum absolute atomic E-state index is 2.44. The highest BCUT2D eigenvalue weighted by Crippen LogP contribution is 2.36. The van der Waals surface area contributed by atoms with Gasteiger partial charge in [-0.2, -0.15) is 23.5 Å². The van der Waals surface area contributed by atoms with Crippen LogP contribution < -0.4 is 0 Å². The molecular formula is C11H24S2Si. The molecule has 3 heteroatoms. The maximum Gasteiger partial charge on any atom is 0.0681 e. The Morgan fingerprint density at radius 2 is 1.71 bits per heavy atom. The summed E-state index contributed by atoms with van der Waals surface area (Å²) in [5, 5.41) is 0. The van der Waals surface area contributed by atoms with Crippen LogP contribution in [0.25, 0.3) is 0 Å². The summed E-state index contributed by atoms with van der Waals surface area (Å²) in [5.74, 6) is 4.28. The second-order valence-electron chi connectivity index (χ2n) is 4.21. The number of hydrogen-bond acceptors (Lipinski definition) is 2. The molecule has 1 heterocycles. The van der Waals surface area contributed by atoms with Crippen molar-refractivity contribution in [2.75, 3.05) is 17.3 Å². The molecule has 1 fully saturated rings. The first-order valence-electron chi connectivity index (χ1n) is 5.98. The quantitative estimate of drug-likeness (QED) is 0.681. The predicted octanol–water partition coefficient (Wildman–Crippen LogP) is 4.27. The van der Waals surface area contributed by atoms with Gasteiger partial charge >= 0.3 is 0 Å². The van der Waals surface area contributed by atoms with E-state index in [1.54, 1.807) is 0 Å². The fraction of sp³-hybridized carbons (Fsp3) is 1.00. The smallest absolute Gasteiger partial charge is 0.0681 e. The SMILES string of the molecule is CC[Si](CC)(CC)C1CSCCCS1. The Morgan fingerprint density at radius 3 is 2.29 bits per heavy atom. The van der Waals surface area contributed by atoms with Crippen LogP contribution in [0.2, 0.25) is 18.1 Å². The first-order chi connectivity index (χ1) is 6.79. The van der Waals surface area contributed by atoms with Crippen molar-refractivity contribution in [3.63, 3.8) is 0 Å². The van der Waals surface area contributed by atoms with Crippen molar-refractivity contribution in [1.82, 2.24) is 0 Å². The monoisotopic (exact) mass is 248 g/mol. The zero-order valence-corrected chi connectivity index (χ0v) is 12.5. The van der Waals surface area contributed by atoms with Crippen molar-refractivity contribution in [3.05, 3.63) is 0 Å². The van der Waals surface area contributed by atoms with E-state index in [0.29, 0.717) is 0 Å². The molecule has 0 aromatic rings. The predicted molar refractivity (Wildman–Crippen MR) is 75.4 cm³/mol. The van der Waals surface area contributed by atoms with Gasteiger partial charge in [0.1, 0.15) is 0 Å². The Hall–Kier alpha value is 0.917. The van der Waals surface area contributed by atoms with Crippen LogP contribution >= 0.6 is 23.5 Å². The molecule has 0 nitrogen and oxygen atoms in total. The molecule has 0 aromatic carbocycles. The van der Waals surface area contributed by atoms with Crippen LogP contribution in [0.15, 0.2) is 0 Å². The topological polar surface area (TPSA) is 0 Å². The minimum atomic E-state index is -0.907. The van der Waals surface area contributed by atoms with E-state index in [4.69, 9.17) is 0 Å². The molecule has 0 bridgehead atoms. The Morgan fingerprint density at radius 1 is 1.07 bits per heavy atom. The molecule has 0 saturated carbocycles. The molecule has 0 spiro atoms. The van der Waals surface area contributed by atoms with Crippen LogP contribution in [0, 0.1) is 0 Å². The largest absolute Gasteiger partial charge is 0.161 e. The average Bonchev–Trinajstić information content (AvgIpc) is 2.51. The highest BCUT2D eigenvalue weighted by Gasteiger charge is 2.36. The summed E-state index contributed by atoms with van der Waals surface area (Å²) in [7, 11) is -0.907. The zero-order chi connectivity index (χ0) is 10.4. The second-order valence-corrected chi connectivity index (χ2v) is 12.6. The normalized spacial score (nSPS) is 24.6. The van der Waals surface area contributed by atoms with E-state index in [-0.39, 0.29) is 0 Å². The fourth-order valence-electron chi connectivity index (χ4n) is 2.41. The van der Waals surface area contributed by atoms with E-state index < -0.39 is 8.07 Å². The van der Waals surface area contributed by atoms with Gasteiger partial charge in [0.25, 0.3) is 0 Å². The molecule has 14 heavy (non-hydrogen) atoms. The summed E-state index contributed by atoms with van der Waals surface area (Å²) in [6.45, 7) is 7.32. The van der Waals surface area contributed by atoms with Crippen molar-refractivity contribution in [2.24, 2.45) is 0 Å².